The molecule has 2 aromatic rings. The summed E-state index contributed by atoms with van der Waals surface area (Å²) in [7, 11) is 0. The van der Waals surface area contributed by atoms with Gasteiger partial charge in [0.25, 0.3) is 0 Å². The van der Waals surface area contributed by atoms with E-state index in [4.69, 9.17) is 0 Å². The molecule has 0 radical (unpaired) electrons. The molecule has 120 valence electrons. The summed E-state index contributed by atoms with van der Waals surface area (Å²) in [6.07, 6.45) is 2.16. The van der Waals surface area contributed by atoms with E-state index in [1.54, 1.807) is 18.2 Å². The Morgan fingerprint density at radius 2 is 2.04 bits per heavy atom. The maximum Gasteiger partial charge on any atom is 0.247 e. The summed E-state index contributed by atoms with van der Waals surface area (Å²) in [5, 5.41) is 12.5. The van der Waals surface area contributed by atoms with E-state index in [0.29, 0.717) is 11.5 Å². The molecule has 1 aromatic carbocycles. The SMILES string of the molecule is C=CC(=O)Nc1ccccc1CC(=O)Nc1n[nH]c(CC)c1C. The van der Waals surface area contributed by atoms with Gasteiger partial charge in [0.15, 0.2) is 5.82 Å². The van der Waals surface area contributed by atoms with Crippen molar-refractivity contribution in [2.45, 2.75) is 26.7 Å². The number of carbonyl (C=O) groups is 2. The van der Waals surface area contributed by atoms with Crippen molar-refractivity contribution in [1.29, 1.82) is 0 Å². The molecule has 0 aliphatic rings. The van der Waals surface area contributed by atoms with Gasteiger partial charge in [0.05, 0.1) is 6.42 Å². The summed E-state index contributed by atoms with van der Waals surface area (Å²) in [6, 6.07) is 7.17. The molecule has 6 heteroatoms. The third kappa shape index (κ3) is 4.06. The van der Waals surface area contributed by atoms with Gasteiger partial charge in [0.1, 0.15) is 0 Å². The molecule has 3 N–H and O–H groups in total. The first kappa shape index (κ1) is 16.5. The Labute approximate surface area is 135 Å². The van der Waals surface area contributed by atoms with Gasteiger partial charge < -0.3 is 10.6 Å². The van der Waals surface area contributed by atoms with Crippen LogP contribution >= 0.6 is 0 Å². The van der Waals surface area contributed by atoms with Crippen LogP contribution in [0.4, 0.5) is 11.5 Å². The fourth-order valence-electron chi connectivity index (χ4n) is 2.23. The summed E-state index contributed by atoms with van der Waals surface area (Å²) in [5.41, 5.74) is 3.26. The van der Waals surface area contributed by atoms with Crippen LogP contribution in [-0.2, 0) is 22.4 Å². The number of H-pyrrole nitrogens is 1. The van der Waals surface area contributed by atoms with E-state index in [1.165, 1.54) is 6.08 Å². The number of aryl methyl sites for hydroxylation is 1. The maximum absolute atomic E-state index is 12.2. The zero-order chi connectivity index (χ0) is 16.8. The highest BCUT2D eigenvalue weighted by atomic mass is 16.2. The summed E-state index contributed by atoms with van der Waals surface area (Å²) >= 11 is 0. The first-order chi connectivity index (χ1) is 11.0. The summed E-state index contributed by atoms with van der Waals surface area (Å²) < 4.78 is 0. The van der Waals surface area contributed by atoms with Crippen LogP contribution in [-0.4, -0.2) is 22.0 Å². The minimum Gasteiger partial charge on any atom is -0.322 e. The lowest BCUT2D eigenvalue weighted by Gasteiger charge is -2.10. The van der Waals surface area contributed by atoms with Crippen LogP contribution in [0.1, 0.15) is 23.7 Å². The maximum atomic E-state index is 12.2. The van der Waals surface area contributed by atoms with Crippen LogP contribution < -0.4 is 10.6 Å². The fraction of sp³-hybridized carbons (Fsp3) is 0.235. The van der Waals surface area contributed by atoms with Crippen molar-refractivity contribution in [3.8, 4) is 0 Å². The number of amides is 2. The number of benzene rings is 1. The van der Waals surface area contributed by atoms with Crippen molar-refractivity contribution in [2.24, 2.45) is 0 Å². The van der Waals surface area contributed by atoms with Crippen molar-refractivity contribution >= 4 is 23.3 Å². The van der Waals surface area contributed by atoms with Gasteiger partial charge in [0.2, 0.25) is 11.8 Å². The van der Waals surface area contributed by atoms with Gasteiger partial charge in [-0.05, 0) is 31.1 Å². The molecule has 23 heavy (non-hydrogen) atoms. The van der Waals surface area contributed by atoms with Crippen molar-refractivity contribution in [3.05, 3.63) is 53.7 Å². The Bertz CT molecular complexity index is 734. The van der Waals surface area contributed by atoms with Crippen LogP contribution in [0.3, 0.4) is 0 Å². The van der Waals surface area contributed by atoms with Crippen LogP contribution in [0.25, 0.3) is 0 Å². The minimum absolute atomic E-state index is 0.140. The molecule has 0 saturated heterocycles. The third-order valence-corrected chi connectivity index (χ3v) is 3.53. The molecule has 0 aliphatic carbocycles. The van der Waals surface area contributed by atoms with E-state index in [2.05, 4.69) is 27.4 Å². The zero-order valence-corrected chi connectivity index (χ0v) is 13.3. The van der Waals surface area contributed by atoms with Gasteiger partial charge in [-0.25, -0.2) is 0 Å². The molecule has 1 heterocycles. The fourth-order valence-corrected chi connectivity index (χ4v) is 2.23. The minimum atomic E-state index is -0.311. The summed E-state index contributed by atoms with van der Waals surface area (Å²) in [6.45, 7) is 7.35. The second-order valence-corrected chi connectivity index (χ2v) is 5.10. The number of nitrogens with zero attached hydrogens (tertiary/aromatic N) is 1. The topological polar surface area (TPSA) is 86.9 Å². The number of aromatic nitrogens is 2. The zero-order valence-electron chi connectivity index (χ0n) is 13.3. The van der Waals surface area contributed by atoms with E-state index >= 15 is 0 Å². The highest BCUT2D eigenvalue weighted by Crippen LogP contribution is 2.18. The largest absolute Gasteiger partial charge is 0.322 e. The molecule has 0 unspecified atom stereocenters. The van der Waals surface area contributed by atoms with Gasteiger partial charge in [-0.2, -0.15) is 5.10 Å². The second-order valence-electron chi connectivity index (χ2n) is 5.10. The molecule has 0 fully saturated rings. The van der Waals surface area contributed by atoms with Crippen LogP contribution in [0, 0.1) is 6.92 Å². The second kappa shape index (κ2) is 7.40. The summed E-state index contributed by atoms with van der Waals surface area (Å²) in [4.78, 5) is 23.7. The number of hydrogen-bond donors (Lipinski definition) is 3. The third-order valence-electron chi connectivity index (χ3n) is 3.53. The average Bonchev–Trinajstić information content (AvgIpc) is 2.89. The lowest BCUT2D eigenvalue weighted by molar-refractivity contribution is -0.115. The Kier molecular flexibility index (Phi) is 5.30. The van der Waals surface area contributed by atoms with Gasteiger partial charge in [-0.1, -0.05) is 31.7 Å². The van der Waals surface area contributed by atoms with E-state index in [9.17, 15) is 9.59 Å². The first-order valence-corrected chi connectivity index (χ1v) is 7.40. The smallest absolute Gasteiger partial charge is 0.247 e. The lowest BCUT2D eigenvalue weighted by atomic mass is 10.1. The quantitative estimate of drug-likeness (QED) is 0.716. The molecule has 1 aromatic heterocycles. The van der Waals surface area contributed by atoms with Gasteiger partial charge >= 0.3 is 0 Å². The van der Waals surface area contributed by atoms with Crippen molar-refractivity contribution < 1.29 is 9.59 Å². The van der Waals surface area contributed by atoms with Crippen LogP contribution in [0.2, 0.25) is 0 Å². The molecule has 0 atom stereocenters. The van der Waals surface area contributed by atoms with Crippen molar-refractivity contribution in [2.75, 3.05) is 10.6 Å². The van der Waals surface area contributed by atoms with Crippen molar-refractivity contribution in [1.82, 2.24) is 10.2 Å². The van der Waals surface area contributed by atoms with Crippen LogP contribution in [0.15, 0.2) is 36.9 Å². The molecular weight excluding hydrogens is 292 g/mol. The predicted octanol–water partition coefficient (Wildman–Crippen LogP) is 2.59. The van der Waals surface area contributed by atoms with E-state index in [0.717, 1.165) is 23.2 Å². The Hall–Kier alpha value is -2.89. The van der Waals surface area contributed by atoms with Gasteiger partial charge in [-0.15, -0.1) is 0 Å². The van der Waals surface area contributed by atoms with E-state index < -0.39 is 0 Å². The average molecular weight is 312 g/mol. The predicted molar refractivity (Wildman–Crippen MR) is 90.3 cm³/mol. The molecule has 2 amide bonds. The highest BCUT2D eigenvalue weighted by Gasteiger charge is 2.13. The Morgan fingerprint density at radius 3 is 2.70 bits per heavy atom. The summed E-state index contributed by atoms with van der Waals surface area (Å²) in [5.74, 6) is 0.0376. The van der Waals surface area contributed by atoms with Gasteiger partial charge in [-0.3, -0.25) is 14.7 Å². The van der Waals surface area contributed by atoms with E-state index in [1.807, 2.05) is 19.9 Å². The molecular formula is C17H20N4O2. The Morgan fingerprint density at radius 1 is 1.30 bits per heavy atom. The number of anilines is 2. The van der Waals surface area contributed by atoms with Crippen LogP contribution in [0.5, 0.6) is 0 Å². The number of aromatic amines is 1. The molecule has 0 aliphatic heterocycles. The number of hydrogen-bond acceptors (Lipinski definition) is 3. The number of para-hydroxylation sites is 1. The Balaban J connectivity index is 2.09. The normalized spacial score (nSPS) is 10.2. The monoisotopic (exact) mass is 312 g/mol. The van der Waals surface area contributed by atoms with Gasteiger partial charge in [0, 0.05) is 16.9 Å². The molecule has 6 nitrogen and oxygen atoms in total. The standard InChI is InChI=1S/C17H20N4O2/c1-4-13-11(3)17(21-20-13)19-16(23)10-12-8-6-7-9-14(12)18-15(22)5-2/h5-9H,2,4,10H2,1,3H3,(H,18,22)(H2,19,20,21,23). The number of nitrogens with one attached hydrogen (secondary N) is 3. The lowest BCUT2D eigenvalue weighted by Crippen LogP contribution is -2.17. The highest BCUT2D eigenvalue weighted by molar-refractivity contribution is 6.00. The number of rotatable bonds is 6. The van der Waals surface area contributed by atoms with Crippen molar-refractivity contribution in [3.63, 3.8) is 0 Å². The molecule has 0 spiro atoms. The molecule has 0 bridgehead atoms. The number of carbonyl (C=O) groups excluding carboxylic acids is 2. The molecule has 2 rings (SSSR count). The first-order valence-electron chi connectivity index (χ1n) is 7.40. The molecule has 0 saturated carbocycles. The van der Waals surface area contributed by atoms with E-state index in [-0.39, 0.29) is 18.2 Å².